The Balaban J connectivity index is 1.78. The summed E-state index contributed by atoms with van der Waals surface area (Å²) < 4.78 is 1.83. The SMILES string of the molecule is Cn1ccc(NCC2CCSC2)n1. The predicted molar refractivity (Wildman–Crippen MR) is 57.1 cm³/mol. The maximum atomic E-state index is 4.27. The fourth-order valence-corrected chi connectivity index (χ4v) is 2.79. The summed E-state index contributed by atoms with van der Waals surface area (Å²) in [4.78, 5) is 0. The first-order valence-electron chi connectivity index (χ1n) is 4.66. The first-order valence-corrected chi connectivity index (χ1v) is 5.81. The fourth-order valence-electron chi connectivity index (χ4n) is 1.50. The zero-order chi connectivity index (χ0) is 9.10. The molecule has 3 nitrogen and oxygen atoms in total. The molecule has 1 unspecified atom stereocenters. The average Bonchev–Trinajstić information content (AvgIpc) is 2.71. The van der Waals surface area contributed by atoms with Crippen LogP contribution in [0, 0.1) is 5.92 Å². The smallest absolute Gasteiger partial charge is 0.147 e. The Morgan fingerprint density at radius 3 is 3.31 bits per heavy atom. The van der Waals surface area contributed by atoms with E-state index in [1.54, 1.807) is 0 Å². The molecule has 0 aromatic carbocycles. The molecule has 13 heavy (non-hydrogen) atoms. The van der Waals surface area contributed by atoms with E-state index < -0.39 is 0 Å². The van der Waals surface area contributed by atoms with Crippen LogP contribution in [0.2, 0.25) is 0 Å². The first kappa shape index (κ1) is 8.94. The van der Waals surface area contributed by atoms with Crippen LogP contribution >= 0.6 is 11.8 Å². The van der Waals surface area contributed by atoms with Crippen LogP contribution in [0.4, 0.5) is 5.82 Å². The maximum Gasteiger partial charge on any atom is 0.147 e. The Kier molecular flexibility index (Phi) is 2.78. The van der Waals surface area contributed by atoms with Gasteiger partial charge in [-0.25, -0.2) is 0 Å². The molecule has 1 N–H and O–H groups in total. The Labute approximate surface area is 82.9 Å². The lowest BCUT2D eigenvalue weighted by Crippen LogP contribution is -2.13. The van der Waals surface area contributed by atoms with Gasteiger partial charge in [-0.1, -0.05) is 0 Å². The van der Waals surface area contributed by atoms with Crippen LogP contribution in [0.25, 0.3) is 0 Å². The molecule has 0 radical (unpaired) electrons. The zero-order valence-electron chi connectivity index (χ0n) is 7.86. The van der Waals surface area contributed by atoms with Crippen LogP contribution in [-0.4, -0.2) is 27.8 Å². The van der Waals surface area contributed by atoms with E-state index in [2.05, 4.69) is 22.2 Å². The van der Waals surface area contributed by atoms with Gasteiger partial charge in [0.2, 0.25) is 0 Å². The van der Waals surface area contributed by atoms with Crippen molar-refractivity contribution in [2.45, 2.75) is 6.42 Å². The van der Waals surface area contributed by atoms with E-state index >= 15 is 0 Å². The molecule has 4 heteroatoms. The van der Waals surface area contributed by atoms with Crippen molar-refractivity contribution in [3.63, 3.8) is 0 Å². The molecule has 2 rings (SSSR count). The number of hydrogen-bond acceptors (Lipinski definition) is 3. The van der Waals surface area contributed by atoms with E-state index in [9.17, 15) is 0 Å². The largest absolute Gasteiger partial charge is 0.368 e. The summed E-state index contributed by atoms with van der Waals surface area (Å²) in [7, 11) is 1.94. The molecule has 0 spiro atoms. The van der Waals surface area contributed by atoms with Crippen LogP contribution < -0.4 is 5.32 Å². The Morgan fingerprint density at radius 1 is 1.77 bits per heavy atom. The van der Waals surface area contributed by atoms with E-state index in [1.165, 1.54) is 17.9 Å². The fraction of sp³-hybridized carbons (Fsp3) is 0.667. The molecular weight excluding hydrogens is 182 g/mol. The van der Waals surface area contributed by atoms with Gasteiger partial charge < -0.3 is 5.32 Å². The Bertz CT molecular complexity index is 266. The Hall–Kier alpha value is -0.640. The topological polar surface area (TPSA) is 29.9 Å². The third kappa shape index (κ3) is 2.40. The van der Waals surface area contributed by atoms with Gasteiger partial charge >= 0.3 is 0 Å². The van der Waals surface area contributed by atoms with E-state index in [0.717, 1.165) is 18.3 Å². The molecule has 1 saturated heterocycles. The molecule has 1 aliphatic heterocycles. The highest BCUT2D eigenvalue weighted by Gasteiger charge is 2.14. The summed E-state index contributed by atoms with van der Waals surface area (Å²) in [6.07, 6.45) is 3.32. The third-order valence-corrected chi connectivity index (χ3v) is 3.54. The molecule has 72 valence electrons. The number of aromatic nitrogens is 2. The highest BCUT2D eigenvalue weighted by Crippen LogP contribution is 2.23. The van der Waals surface area contributed by atoms with Gasteiger partial charge in [0, 0.05) is 25.9 Å². The molecular formula is C9H15N3S. The number of nitrogens with zero attached hydrogens (tertiary/aromatic N) is 2. The van der Waals surface area contributed by atoms with Gasteiger partial charge in [-0.05, 0) is 23.8 Å². The van der Waals surface area contributed by atoms with Crippen LogP contribution in [0.15, 0.2) is 12.3 Å². The second-order valence-electron chi connectivity index (χ2n) is 3.49. The third-order valence-electron chi connectivity index (χ3n) is 2.31. The highest BCUT2D eigenvalue weighted by molar-refractivity contribution is 7.99. The molecule has 1 aromatic heterocycles. The van der Waals surface area contributed by atoms with Crippen molar-refractivity contribution in [2.24, 2.45) is 13.0 Å². The van der Waals surface area contributed by atoms with Crippen LogP contribution in [0.1, 0.15) is 6.42 Å². The highest BCUT2D eigenvalue weighted by atomic mass is 32.2. The number of nitrogens with one attached hydrogen (secondary N) is 1. The molecule has 0 saturated carbocycles. The van der Waals surface area contributed by atoms with Crippen molar-refractivity contribution in [3.8, 4) is 0 Å². The molecule has 0 bridgehead atoms. The van der Waals surface area contributed by atoms with E-state index in [4.69, 9.17) is 0 Å². The van der Waals surface area contributed by atoms with Crippen molar-refractivity contribution >= 4 is 17.6 Å². The monoisotopic (exact) mass is 197 g/mol. The standard InChI is InChI=1S/C9H15N3S/c1-12-4-2-9(11-12)10-6-8-3-5-13-7-8/h2,4,8H,3,5-7H2,1H3,(H,10,11). The zero-order valence-corrected chi connectivity index (χ0v) is 8.68. The van der Waals surface area contributed by atoms with E-state index in [0.29, 0.717) is 0 Å². The van der Waals surface area contributed by atoms with Crippen molar-refractivity contribution in [2.75, 3.05) is 23.4 Å². The van der Waals surface area contributed by atoms with Crippen molar-refractivity contribution in [3.05, 3.63) is 12.3 Å². The minimum absolute atomic E-state index is 0.840. The molecule has 2 heterocycles. The van der Waals surface area contributed by atoms with Gasteiger partial charge in [-0.15, -0.1) is 0 Å². The number of hydrogen-bond donors (Lipinski definition) is 1. The van der Waals surface area contributed by atoms with Crippen LogP contribution in [-0.2, 0) is 7.05 Å². The van der Waals surface area contributed by atoms with Gasteiger partial charge in [-0.2, -0.15) is 16.9 Å². The quantitative estimate of drug-likeness (QED) is 0.798. The molecule has 0 aliphatic carbocycles. The first-order chi connectivity index (χ1) is 6.34. The Morgan fingerprint density at radius 2 is 2.69 bits per heavy atom. The minimum Gasteiger partial charge on any atom is -0.368 e. The summed E-state index contributed by atoms with van der Waals surface area (Å²) in [5, 5.41) is 7.63. The minimum atomic E-state index is 0.840. The number of anilines is 1. The normalized spacial score (nSPS) is 22.1. The molecule has 1 atom stereocenters. The summed E-state index contributed by atoms with van der Waals surface area (Å²) in [5.74, 6) is 4.47. The average molecular weight is 197 g/mol. The summed E-state index contributed by atoms with van der Waals surface area (Å²) >= 11 is 2.06. The van der Waals surface area contributed by atoms with Crippen LogP contribution in [0.5, 0.6) is 0 Å². The molecule has 0 amide bonds. The maximum absolute atomic E-state index is 4.27. The second kappa shape index (κ2) is 4.05. The molecule has 1 fully saturated rings. The number of rotatable bonds is 3. The summed E-state index contributed by atoms with van der Waals surface area (Å²) in [6, 6.07) is 2.02. The van der Waals surface area contributed by atoms with Gasteiger partial charge in [0.05, 0.1) is 0 Å². The van der Waals surface area contributed by atoms with Gasteiger partial charge in [-0.3, -0.25) is 4.68 Å². The van der Waals surface area contributed by atoms with Crippen molar-refractivity contribution in [1.82, 2.24) is 9.78 Å². The lowest BCUT2D eigenvalue weighted by Gasteiger charge is -2.08. The number of aryl methyl sites for hydroxylation is 1. The summed E-state index contributed by atoms with van der Waals surface area (Å²) in [6.45, 7) is 1.07. The van der Waals surface area contributed by atoms with Gasteiger partial charge in [0.15, 0.2) is 0 Å². The summed E-state index contributed by atoms with van der Waals surface area (Å²) in [5.41, 5.74) is 0. The number of thioether (sulfide) groups is 1. The van der Waals surface area contributed by atoms with Crippen molar-refractivity contribution < 1.29 is 0 Å². The van der Waals surface area contributed by atoms with Gasteiger partial charge in [0.1, 0.15) is 5.82 Å². The second-order valence-corrected chi connectivity index (χ2v) is 4.63. The lowest BCUT2D eigenvalue weighted by molar-refractivity contribution is 0.629. The van der Waals surface area contributed by atoms with E-state index in [1.807, 2.05) is 24.0 Å². The molecule has 1 aliphatic rings. The lowest BCUT2D eigenvalue weighted by atomic mass is 10.1. The predicted octanol–water partition coefficient (Wildman–Crippen LogP) is 1.59. The van der Waals surface area contributed by atoms with Gasteiger partial charge in [0.25, 0.3) is 0 Å². The van der Waals surface area contributed by atoms with Crippen LogP contribution in [0.3, 0.4) is 0 Å². The van der Waals surface area contributed by atoms with Crippen molar-refractivity contribution in [1.29, 1.82) is 0 Å². The molecule has 1 aromatic rings. The van der Waals surface area contributed by atoms with E-state index in [-0.39, 0.29) is 0 Å².